The number of pyridine rings is 1. The molecule has 0 saturated carbocycles. The summed E-state index contributed by atoms with van der Waals surface area (Å²) < 4.78 is 40.8. The highest BCUT2D eigenvalue weighted by Crippen LogP contribution is 2.32. The maximum Gasteiger partial charge on any atom is 0.211 e. The summed E-state index contributed by atoms with van der Waals surface area (Å²) in [5, 5.41) is 13.6. The Kier molecular flexibility index (Phi) is 6.98. The molecule has 0 bridgehead atoms. The van der Waals surface area contributed by atoms with Crippen molar-refractivity contribution in [2.45, 2.75) is 38.6 Å². The predicted molar refractivity (Wildman–Crippen MR) is 143 cm³/mol. The van der Waals surface area contributed by atoms with Gasteiger partial charge in [0.25, 0.3) is 0 Å². The van der Waals surface area contributed by atoms with Gasteiger partial charge >= 0.3 is 0 Å². The number of imidazole rings is 1. The van der Waals surface area contributed by atoms with Gasteiger partial charge in [-0.05, 0) is 61.1 Å². The number of nitrogens with zero attached hydrogens (tertiary/aromatic N) is 5. The Morgan fingerprint density at radius 3 is 2.54 bits per heavy atom. The molecular weight excluding hydrogens is 511 g/mol. The number of nitrogens with one attached hydrogen (secondary N) is 1. The zero-order valence-corrected chi connectivity index (χ0v) is 22.2. The number of hydrogen-bond acceptors (Lipinski definition) is 7. The van der Waals surface area contributed by atoms with Crippen molar-refractivity contribution in [3.05, 3.63) is 70.2 Å². The van der Waals surface area contributed by atoms with Crippen molar-refractivity contribution in [2.24, 2.45) is 0 Å². The SMILES string of the molecule is CCc1nc2ccc(C3CCN(S(C)(=O)=O)CC3)cn2c1CNc1nc(-c2ccc(F)cc2)c(C#N)s1. The highest BCUT2D eigenvalue weighted by atomic mass is 32.2. The van der Waals surface area contributed by atoms with E-state index in [0.717, 1.165) is 36.3 Å². The van der Waals surface area contributed by atoms with Gasteiger partial charge in [0.2, 0.25) is 10.0 Å². The molecule has 5 rings (SSSR count). The number of halogens is 1. The lowest BCUT2D eigenvalue weighted by Gasteiger charge is -2.30. The van der Waals surface area contributed by atoms with E-state index < -0.39 is 10.0 Å². The molecule has 0 atom stereocenters. The minimum absolute atomic E-state index is 0.283. The standard InChI is InChI=1S/C26H27FN6O2S2/c1-3-21-22(15-29-26-31-25(23(14-28)36-26)18-4-7-20(27)8-5-18)33-16-19(6-9-24(33)30-21)17-10-12-32(13-11-17)37(2,34)35/h4-9,16-17H,3,10-13,15H2,1-2H3,(H,29,31). The Morgan fingerprint density at radius 2 is 1.89 bits per heavy atom. The lowest BCUT2D eigenvalue weighted by atomic mass is 9.91. The van der Waals surface area contributed by atoms with Crippen LogP contribution in [0.15, 0.2) is 42.6 Å². The summed E-state index contributed by atoms with van der Waals surface area (Å²) in [7, 11) is -3.16. The number of piperidine rings is 1. The zero-order valence-electron chi connectivity index (χ0n) is 20.6. The fourth-order valence-electron chi connectivity index (χ4n) is 4.83. The molecule has 0 aliphatic carbocycles. The summed E-state index contributed by atoms with van der Waals surface area (Å²) in [5.41, 5.74) is 5.25. The van der Waals surface area contributed by atoms with Crippen LogP contribution >= 0.6 is 11.3 Å². The van der Waals surface area contributed by atoms with E-state index in [1.54, 1.807) is 16.4 Å². The summed E-state index contributed by atoms with van der Waals surface area (Å²) in [6.45, 7) is 3.60. The molecule has 37 heavy (non-hydrogen) atoms. The van der Waals surface area contributed by atoms with E-state index in [-0.39, 0.29) is 11.7 Å². The van der Waals surface area contributed by atoms with Crippen molar-refractivity contribution in [3.63, 3.8) is 0 Å². The van der Waals surface area contributed by atoms with Gasteiger partial charge in [-0.2, -0.15) is 5.26 Å². The summed E-state index contributed by atoms with van der Waals surface area (Å²) in [5.74, 6) is -0.0537. The molecule has 4 heterocycles. The molecule has 1 saturated heterocycles. The van der Waals surface area contributed by atoms with Crippen molar-refractivity contribution < 1.29 is 12.8 Å². The first-order valence-electron chi connectivity index (χ1n) is 12.1. The van der Waals surface area contributed by atoms with Crippen molar-refractivity contribution in [2.75, 3.05) is 24.7 Å². The Labute approximate surface area is 219 Å². The van der Waals surface area contributed by atoms with Crippen molar-refractivity contribution >= 4 is 32.1 Å². The third-order valence-corrected chi connectivity index (χ3v) is 9.03. The number of aryl methyl sites for hydroxylation is 1. The molecule has 1 aromatic carbocycles. The summed E-state index contributed by atoms with van der Waals surface area (Å²) in [6.07, 6.45) is 5.71. The average Bonchev–Trinajstić information content (AvgIpc) is 3.47. The van der Waals surface area contributed by atoms with Crippen molar-refractivity contribution in [1.29, 1.82) is 5.26 Å². The third-order valence-electron chi connectivity index (χ3n) is 6.81. The summed E-state index contributed by atoms with van der Waals surface area (Å²) in [4.78, 5) is 9.88. The quantitative estimate of drug-likeness (QED) is 0.363. The van der Waals surface area contributed by atoms with Crippen LogP contribution in [0.5, 0.6) is 0 Å². The van der Waals surface area contributed by atoms with Crippen LogP contribution in [0.25, 0.3) is 16.9 Å². The molecular formula is C26H27FN6O2S2. The Hall–Kier alpha value is -3.33. The Morgan fingerprint density at radius 1 is 1.16 bits per heavy atom. The number of aromatic nitrogens is 3. The van der Waals surface area contributed by atoms with Crippen LogP contribution in [0, 0.1) is 17.1 Å². The lowest BCUT2D eigenvalue weighted by molar-refractivity contribution is 0.321. The number of anilines is 1. The third kappa shape index (κ3) is 5.23. The smallest absolute Gasteiger partial charge is 0.211 e. The van der Waals surface area contributed by atoms with Crippen LogP contribution in [0.4, 0.5) is 9.52 Å². The molecule has 192 valence electrons. The zero-order chi connectivity index (χ0) is 26.2. The Balaban J connectivity index is 1.39. The number of fused-ring (bicyclic) bond motifs is 1. The topological polar surface area (TPSA) is 103 Å². The van der Waals surface area contributed by atoms with E-state index in [1.807, 2.05) is 6.07 Å². The molecule has 1 aliphatic rings. The van der Waals surface area contributed by atoms with Gasteiger partial charge in [0.1, 0.15) is 28.1 Å². The molecule has 4 aromatic rings. The lowest BCUT2D eigenvalue weighted by Crippen LogP contribution is -2.37. The fourth-order valence-corrected chi connectivity index (χ4v) is 6.48. The van der Waals surface area contributed by atoms with Gasteiger partial charge in [-0.1, -0.05) is 24.3 Å². The monoisotopic (exact) mass is 538 g/mol. The molecule has 11 heteroatoms. The normalized spacial score (nSPS) is 15.2. The second-order valence-electron chi connectivity index (χ2n) is 9.15. The highest BCUT2D eigenvalue weighted by Gasteiger charge is 2.26. The van der Waals surface area contributed by atoms with E-state index in [9.17, 15) is 18.1 Å². The fraction of sp³-hybridized carbons (Fsp3) is 0.346. The van der Waals surface area contributed by atoms with E-state index >= 15 is 0 Å². The molecule has 0 amide bonds. The van der Waals surface area contributed by atoms with Gasteiger partial charge < -0.3 is 9.72 Å². The van der Waals surface area contributed by atoms with Crippen LogP contribution in [0.1, 0.15) is 47.5 Å². The van der Waals surface area contributed by atoms with Crippen LogP contribution in [-0.4, -0.2) is 46.4 Å². The average molecular weight is 539 g/mol. The highest BCUT2D eigenvalue weighted by molar-refractivity contribution is 7.88. The molecule has 8 nitrogen and oxygen atoms in total. The second-order valence-corrected chi connectivity index (χ2v) is 12.1. The summed E-state index contributed by atoms with van der Waals surface area (Å²) >= 11 is 1.27. The van der Waals surface area contributed by atoms with Gasteiger partial charge in [-0.25, -0.2) is 27.1 Å². The first kappa shape index (κ1) is 25.3. The van der Waals surface area contributed by atoms with Crippen molar-refractivity contribution in [3.8, 4) is 17.3 Å². The van der Waals surface area contributed by atoms with Gasteiger partial charge in [-0.3, -0.25) is 0 Å². The molecule has 0 radical (unpaired) electrons. The Bertz CT molecular complexity index is 1580. The van der Waals surface area contributed by atoms with Crippen LogP contribution in [-0.2, 0) is 23.0 Å². The minimum Gasteiger partial charge on any atom is -0.356 e. The first-order valence-corrected chi connectivity index (χ1v) is 14.8. The molecule has 1 fully saturated rings. The largest absolute Gasteiger partial charge is 0.356 e. The number of thiazole rings is 1. The minimum atomic E-state index is -3.16. The van der Waals surface area contributed by atoms with Crippen LogP contribution in [0.2, 0.25) is 0 Å². The maximum absolute atomic E-state index is 13.3. The number of nitriles is 1. The van der Waals surface area contributed by atoms with Gasteiger partial charge in [0.05, 0.1) is 24.2 Å². The summed E-state index contributed by atoms with van der Waals surface area (Å²) in [6, 6.07) is 12.3. The van der Waals surface area contributed by atoms with Gasteiger partial charge in [0, 0.05) is 24.8 Å². The molecule has 1 aliphatic heterocycles. The van der Waals surface area contributed by atoms with Gasteiger partial charge in [0.15, 0.2) is 5.13 Å². The molecule has 3 aromatic heterocycles. The number of rotatable bonds is 7. The van der Waals surface area contributed by atoms with E-state index in [1.165, 1.54) is 35.3 Å². The van der Waals surface area contributed by atoms with Crippen LogP contribution < -0.4 is 5.32 Å². The molecule has 0 unspecified atom stereocenters. The first-order chi connectivity index (χ1) is 17.8. The number of hydrogen-bond donors (Lipinski definition) is 1. The number of sulfonamides is 1. The van der Waals surface area contributed by atoms with E-state index in [0.29, 0.717) is 40.9 Å². The van der Waals surface area contributed by atoms with Crippen LogP contribution in [0.3, 0.4) is 0 Å². The number of benzene rings is 1. The van der Waals surface area contributed by atoms with E-state index in [4.69, 9.17) is 4.98 Å². The van der Waals surface area contributed by atoms with E-state index in [2.05, 4.69) is 40.0 Å². The second kappa shape index (κ2) is 10.2. The molecule has 0 spiro atoms. The predicted octanol–water partition coefficient (Wildman–Crippen LogP) is 4.78. The maximum atomic E-state index is 13.3. The molecule has 1 N–H and O–H groups in total. The van der Waals surface area contributed by atoms with Crippen molar-refractivity contribution in [1.82, 2.24) is 18.7 Å². The van der Waals surface area contributed by atoms with Gasteiger partial charge in [-0.15, -0.1) is 0 Å².